The standard InChI is InChI=1S/C22H27N3O4S/c1-28-19-7-3-2-6-18(19)25-11-9-24(10-12-25)13-16(26)14-29-20-8-4-5-17-22(20)30-15-21(27)23-17/h2-8,16,26H,9-15H2,1H3,(H,23,27). The first-order valence-corrected chi connectivity index (χ1v) is 11.1. The average Bonchev–Trinajstić information content (AvgIpc) is 2.78. The number of fused-ring (bicyclic) bond motifs is 1. The summed E-state index contributed by atoms with van der Waals surface area (Å²) >= 11 is 1.47. The molecule has 4 rings (SSSR count). The Morgan fingerprint density at radius 3 is 2.67 bits per heavy atom. The first-order valence-electron chi connectivity index (χ1n) is 10.1. The summed E-state index contributed by atoms with van der Waals surface area (Å²) in [5.41, 5.74) is 1.89. The van der Waals surface area contributed by atoms with Gasteiger partial charge in [0.15, 0.2) is 0 Å². The average molecular weight is 430 g/mol. The molecule has 2 aliphatic heterocycles. The molecular formula is C22H27N3O4S. The van der Waals surface area contributed by atoms with Gasteiger partial charge in [-0.05, 0) is 24.3 Å². The zero-order chi connectivity index (χ0) is 20.9. The summed E-state index contributed by atoms with van der Waals surface area (Å²) in [7, 11) is 1.70. The van der Waals surface area contributed by atoms with E-state index in [1.165, 1.54) is 11.8 Å². The molecule has 160 valence electrons. The molecule has 1 fully saturated rings. The number of thioether (sulfide) groups is 1. The van der Waals surface area contributed by atoms with Crippen molar-refractivity contribution in [3.8, 4) is 11.5 Å². The minimum atomic E-state index is -0.582. The molecule has 0 spiro atoms. The normalized spacial score (nSPS) is 17.8. The molecule has 1 unspecified atom stereocenters. The lowest BCUT2D eigenvalue weighted by Gasteiger charge is -2.37. The van der Waals surface area contributed by atoms with Gasteiger partial charge >= 0.3 is 0 Å². The molecule has 1 atom stereocenters. The number of amides is 1. The Morgan fingerprint density at radius 2 is 1.87 bits per heavy atom. The van der Waals surface area contributed by atoms with E-state index >= 15 is 0 Å². The topological polar surface area (TPSA) is 74.3 Å². The van der Waals surface area contributed by atoms with Crippen LogP contribution in [0.3, 0.4) is 0 Å². The molecule has 1 saturated heterocycles. The fourth-order valence-electron chi connectivity index (χ4n) is 3.80. The number of nitrogens with zero attached hydrogens (tertiary/aromatic N) is 2. The Balaban J connectivity index is 1.26. The van der Waals surface area contributed by atoms with Crippen molar-refractivity contribution >= 4 is 29.0 Å². The number of anilines is 2. The lowest BCUT2D eigenvalue weighted by molar-refractivity contribution is -0.113. The van der Waals surface area contributed by atoms with Crippen LogP contribution >= 0.6 is 11.8 Å². The molecule has 2 N–H and O–H groups in total. The molecule has 2 aromatic rings. The molecule has 2 aromatic carbocycles. The summed E-state index contributed by atoms with van der Waals surface area (Å²) < 4.78 is 11.4. The summed E-state index contributed by atoms with van der Waals surface area (Å²) in [5, 5.41) is 13.4. The van der Waals surface area contributed by atoms with E-state index in [9.17, 15) is 9.90 Å². The third kappa shape index (κ3) is 4.83. The smallest absolute Gasteiger partial charge is 0.234 e. The van der Waals surface area contributed by atoms with Crippen LogP contribution in [0, 0.1) is 0 Å². The van der Waals surface area contributed by atoms with Gasteiger partial charge in [0, 0.05) is 32.7 Å². The van der Waals surface area contributed by atoms with Crippen LogP contribution in [0.5, 0.6) is 11.5 Å². The maximum Gasteiger partial charge on any atom is 0.234 e. The molecule has 1 amide bonds. The van der Waals surface area contributed by atoms with E-state index in [4.69, 9.17) is 9.47 Å². The Kier molecular flexibility index (Phi) is 6.66. The summed E-state index contributed by atoms with van der Waals surface area (Å²) in [6.45, 7) is 4.30. The number of piperazine rings is 1. The zero-order valence-corrected chi connectivity index (χ0v) is 17.9. The van der Waals surface area contributed by atoms with Gasteiger partial charge in [0.05, 0.1) is 29.1 Å². The minimum absolute atomic E-state index is 0.00282. The van der Waals surface area contributed by atoms with E-state index in [1.807, 2.05) is 36.4 Å². The highest BCUT2D eigenvalue weighted by Gasteiger charge is 2.23. The van der Waals surface area contributed by atoms with Crippen LogP contribution in [0.15, 0.2) is 47.4 Å². The number of nitrogens with one attached hydrogen (secondary N) is 1. The van der Waals surface area contributed by atoms with Gasteiger partial charge in [-0.25, -0.2) is 0 Å². The maximum atomic E-state index is 11.5. The van der Waals surface area contributed by atoms with E-state index in [-0.39, 0.29) is 12.5 Å². The second kappa shape index (κ2) is 9.59. The fourth-order valence-corrected chi connectivity index (χ4v) is 4.69. The van der Waals surface area contributed by atoms with Crippen LogP contribution in [0.4, 0.5) is 11.4 Å². The van der Waals surface area contributed by atoms with Gasteiger partial charge in [-0.1, -0.05) is 18.2 Å². The van der Waals surface area contributed by atoms with Crippen molar-refractivity contribution in [1.29, 1.82) is 0 Å². The van der Waals surface area contributed by atoms with E-state index in [0.717, 1.165) is 48.2 Å². The second-order valence-corrected chi connectivity index (χ2v) is 8.38. The van der Waals surface area contributed by atoms with Crippen LogP contribution in [0.1, 0.15) is 0 Å². The number of aliphatic hydroxyl groups is 1. The van der Waals surface area contributed by atoms with Crippen molar-refractivity contribution in [3.05, 3.63) is 42.5 Å². The minimum Gasteiger partial charge on any atom is -0.495 e. The predicted molar refractivity (Wildman–Crippen MR) is 119 cm³/mol. The van der Waals surface area contributed by atoms with Crippen molar-refractivity contribution in [2.75, 3.05) is 62.4 Å². The van der Waals surface area contributed by atoms with Gasteiger partial charge in [-0.3, -0.25) is 9.69 Å². The van der Waals surface area contributed by atoms with Crippen LogP contribution in [-0.2, 0) is 4.79 Å². The number of aliphatic hydroxyl groups excluding tert-OH is 1. The summed E-state index contributed by atoms with van der Waals surface area (Å²) in [5.74, 6) is 1.97. The van der Waals surface area contributed by atoms with Crippen LogP contribution in [-0.4, -0.2) is 74.2 Å². The molecule has 0 bridgehead atoms. The van der Waals surface area contributed by atoms with Crippen LogP contribution < -0.4 is 19.7 Å². The van der Waals surface area contributed by atoms with Crippen molar-refractivity contribution in [1.82, 2.24) is 4.90 Å². The number of para-hydroxylation sites is 2. The van der Waals surface area contributed by atoms with E-state index in [1.54, 1.807) is 7.11 Å². The largest absolute Gasteiger partial charge is 0.495 e. The first-order chi connectivity index (χ1) is 14.6. The van der Waals surface area contributed by atoms with Crippen molar-refractivity contribution in [2.45, 2.75) is 11.0 Å². The predicted octanol–water partition coefficient (Wildman–Crippen LogP) is 2.30. The number of hydrogen-bond acceptors (Lipinski definition) is 7. The lowest BCUT2D eigenvalue weighted by Crippen LogP contribution is -2.49. The van der Waals surface area contributed by atoms with Crippen LogP contribution in [0.2, 0.25) is 0 Å². The molecule has 2 heterocycles. The van der Waals surface area contributed by atoms with Gasteiger partial charge in [0.1, 0.15) is 24.2 Å². The van der Waals surface area contributed by atoms with Gasteiger partial charge in [-0.2, -0.15) is 0 Å². The maximum absolute atomic E-state index is 11.5. The number of β-amino-alcohol motifs (C(OH)–C–C–N with tert-alkyl or cyclic N) is 1. The first kappa shape index (κ1) is 20.8. The Morgan fingerprint density at radius 1 is 1.10 bits per heavy atom. The zero-order valence-electron chi connectivity index (χ0n) is 17.0. The number of methoxy groups -OCH3 is 1. The van der Waals surface area contributed by atoms with Gasteiger partial charge in [-0.15, -0.1) is 11.8 Å². The SMILES string of the molecule is COc1ccccc1N1CCN(CC(O)COc2cccc3c2SCC(=O)N3)CC1. The summed E-state index contributed by atoms with van der Waals surface area (Å²) in [4.78, 5) is 17.0. The molecule has 8 heteroatoms. The molecular weight excluding hydrogens is 402 g/mol. The number of carbonyl (C=O) groups is 1. The van der Waals surface area contributed by atoms with Gasteiger partial charge < -0.3 is 24.8 Å². The Labute approximate surface area is 181 Å². The van der Waals surface area contributed by atoms with E-state index in [0.29, 0.717) is 18.0 Å². The highest BCUT2D eigenvalue weighted by atomic mass is 32.2. The Bertz CT molecular complexity index is 886. The molecule has 0 aromatic heterocycles. The summed E-state index contributed by atoms with van der Waals surface area (Å²) in [6, 6.07) is 13.7. The number of ether oxygens (including phenoxy) is 2. The highest BCUT2D eigenvalue weighted by molar-refractivity contribution is 8.00. The summed E-state index contributed by atoms with van der Waals surface area (Å²) in [6.07, 6.45) is -0.582. The molecule has 0 saturated carbocycles. The van der Waals surface area contributed by atoms with Crippen molar-refractivity contribution < 1.29 is 19.4 Å². The number of carbonyl (C=O) groups excluding carboxylic acids is 1. The highest BCUT2D eigenvalue weighted by Crippen LogP contribution is 2.39. The molecule has 30 heavy (non-hydrogen) atoms. The molecule has 2 aliphatic rings. The Hall–Kier alpha value is -2.42. The monoisotopic (exact) mass is 429 g/mol. The third-order valence-electron chi connectivity index (χ3n) is 5.30. The number of rotatable bonds is 7. The quantitative estimate of drug-likeness (QED) is 0.700. The van der Waals surface area contributed by atoms with E-state index < -0.39 is 6.10 Å². The fraction of sp³-hybridized carbons (Fsp3) is 0.409. The van der Waals surface area contributed by atoms with Crippen molar-refractivity contribution in [2.24, 2.45) is 0 Å². The number of benzene rings is 2. The van der Waals surface area contributed by atoms with Gasteiger partial charge in [0.2, 0.25) is 5.91 Å². The third-order valence-corrected chi connectivity index (χ3v) is 6.42. The molecule has 0 radical (unpaired) electrons. The second-order valence-electron chi connectivity index (χ2n) is 7.39. The molecule has 0 aliphatic carbocycles. The van der Waals surface area contributed by atoms with Crippen LogP contribution in [0.25, 0.3) is 0 Å². The number of hydrogen-bond donors (Lipinski definition) is 2. The van der Waals surface area contributed by atoms with Gasteiger partial charge in [0.25, 0.3) is 0 Å². The lowest BCUT2D eigenvalue weighted by atomic mass is 10.2. The van der Waals surface area contributed by atoms with Crippen molar-refractivity contribution in [3.63, 3.8) is 0 Å². The molecule has 7 nitrogen and oxygen atoms in total. The van der Waals surface area contributed by atoms with E-state index in [2.05, 4.69) is 21.2 Å².